The van der Waals surface area contributed by atoms with Crippen molar-refractivity contribution in [2.45, 2.75) is 6.54 Å². The lowest BCUT2D eigenvalue weighted by atomic mass is 10.2. The maximum Gasteiger partial charge on any atom is 0.280 e. The molecule has 1 aromatic heterocycles. The summed E-state index contributed by atoms with van der Waals surface area (Å²) in [5.74, 6) is 0.971. The summed E-state index contributed by atoms with van der Waals surface area (Å²) >= 11 is 11.8. The third kappa shape index (κ3) is 5.39. The van der Waals surface area contributed by atoms with Gasteiger partial charge in [0.05, 0.1) is 24.2 Å². The molecule has 23 heavy (non-hydrogen) atoms. The van der Waals surface area contributed by atoms with Crippen LogP contribution in [0.25, 0.3) is 0 Å². The third-order valence-corrected chi connectivity index (χ3v) is 3.69. The number of ether oxygens (including phenoxy) is 1. The molecule has 0 aliphatic carbocycles. The second kappa shape index (κ2) is 8.15. The zero-order valence-corrected chi connectivity index (χ0v) is 14.4. The number of amides is 1. The van der Waals surface area contributed by atoms with Crippen molar-refractivity contribution in [3.8, 4) is 5.75 Å². The largest absolute Gasteiger partial charge is 0.497 e. The highest BCUT2D eigenvalue weighted by Gasteiger charge is 2.13. The van der Waals surface area contributed by atoms with E-state index in [9.17, 15) is 4.79 Å². The number of likely N-dealkylation sites (N-methyl/N-ethyl adjacent to an activating group) is 1. The molecule has 5 nitrogen and oxygen atoms in total. The number of carbonyl (C=O) groups excluding carboxylic acids is 1. The van der Waals surface area contributed by atoms with Crippen LogP contribution in [0.15, 0.2) is 36.5 Å². The average Bonchev–Trinajstić information content (AvgIpc) is 2.50. The Kier molecular flexibility index (Phi) is 6.21. The van der Waals surface area contributed by atoms with Crippen molar-refractivity contribution >= 4 is 34.9 Å². The summed E-state index contributed by atoms with van der Waals surface area (Å²) in [4.78, 5) is 17.1. The van der Waals surface area contributed by atoms with Gasteiger partial charge in [0.25, 0.3) is 5.91 Å². The van der Waals surface area contributed by atoms with Crippen molar-refractivity contribution in [1.82, 2.24) is 4.98 Å². The van der Waals surface area contributed by atoms with E-state index in [0.717, 1.165) is 22.8 Å². The van der Waals surface area contributed by atoms with Crippen LogP contribution in [-0.4, -0.2) is 31.6 Å². The van der Waals surface area contributed by atoms with E-state index >= 15 is 0 Å². The smallest absolute Gasteiger partial charge is 0.280 e. The van der Waals surface area contributed by atoms with Gasteiger partial charge in [-0.2, -0.15) is 0 Å². The third-order valence-electron chi connectivity index (χ3n) is 3.19. The van der Waals surface area contributed by atoms with E-state index in [1.165, 1.54) is 6.20 Å². The first-order valence-electron chi connectivity index (χ1n) is 7.03. The zero-order chi connectivity index (χ0) is 16.8. The summed E-state index contributed by atoms with van der Waals surface area (Å²) in [6.45, 7) is 1.02. The number of benzene rings is 1. The molecule has 0 spiro atoms. The van der Waals surface area contributed by atoms with E-state index in [0.29, 0.717) is 22.4 Å². The van der Waals surface area contributed by atoms with Crippen LogP contribution < -0.4 is 15.0 Å². The fraction of sp³-hybridized carbons (Fsp3) is 0.250. The molecular formula is C16H18Cl2N3O2+. The summed E-state index contributed by atoms with van der Waals surface area (Å²) in [5.41, 5.74) is 1.12. The summed E-state index contributed by atoms with van der Waals surface area (Å²) in [5, 5.41) is 3.44. The van der Waals surface area contributed by atoms with Crippen molar-refractivity contribution < 1.29 is 14.4 Å². The number of aromatic nitrogens is 1. The topological polar surface area (TPSA) is 55.7 Å². The van der Waals surface area contributed by atoms with Crippen LogP contribution in [-0.2, 0) is 11.3 Å². The predicted octanol–water partition coefficient (Wildman–Crippen LogP) is 2.05. The first-order valence-corrected chi connectivity index (χ1v) is 7.78. The number of hydrogen-bond donors (Lipinski definition) is 2. The van der Waals surface area contributed by atoms with Crippen LogP contribution in [0, 0.1) is 0 Å². The van der Waals surface area contributed by atoms with Crippen LogP contribution in [0.2, 0.25) is 10.0 Å². The van der Waals surface area contributed by atoms with Crippen LogP contribution in [0.3, 0.4) is 0 Å². The maximum atomic E-state index is 12.1. The quantitative estimate of drug-likeness (QED) is 0.834. The second-order valence-corrected chi connectivity index (χ2v) is 6.03. The van der Waals surface area contributed by atoms with E-state index in [2.05, 4.69) is 10.3 Å². The first kappa shape index (κ1) is 17.5. The van der Waals surface area contributed by atoms with Gasteiger partial charge in [-0.3, -0.25) is 4.79 Å². The number of hydrogen-bond acceptors (Lipinski definition) is 3. The van der Waals surface area contributed by atoms with Gasteiger partial charge >= 0.3 is 0 Å². The Hall–Kier alpha value is -1.82. The van der Waals surface area contributed by atoms with Crippen LogP contribution >= 0.6 is 23.2 Å². The van der Waals surface area contributed by atoms with Crippen LogP contribution in [0.4, 0.5) is 5.82 Å². The standard InChI is InChI=1S/C16H17Cl2N3O2/c1-21(9-11-3-5-13(23-2)6-4-11)10-15(22)20-16-14(18)7-12(17)8-19-16/h3-8H,9-10H2,1-2H3,(H,19,20,22)/p+1. The van der Waals surface area contributed by atoms with Gasteiger partial charge in [-0.1, -0.05) is 23.2 Å². The SMILES string of the molecule is COc1ccc(C[NH+](C)CC(=O)Nc2ncc(Cl)cc2Cl)cc1. The molecule has 2 aromatic rings. The Bertz CT molecular complexity index is 678. The molecular weight excluding hydrogens is 337 g/mol. The van der Waals surface area contributed by atoms with Crippen LogP contribution in [0.5, 0.6) is 5.75 Å². The van der Waals surface area contributed by atoms with Gasteiger partial charge in [0, 0.05) is 11.8 Å². The lowest BCUT2D eigenvalue weighted by Gasteiger charge is -2.14. The highest BCUT2D eigenvalue weighted by atomic mass is 35.5. The molecule has 7 heteroatoms. The van der Waals surface area contributed by atoms with Crippen LogP contribution in [0.1, 0.15) is 5.56 Å². The number of nitrogens with zero attached hydrogens (tertiary/aromatic N) is 1. The van der Waals surface area contributed by atoms with E-state index < -0.39 is 0 Å². The molecule has 1 unspecified atom stereocenters. The van der Waals surface area contributed by atoms with E-state index in [-0.39, 0.29) is 5.91 Å². The van der Waals surface area contributed by atoms with Gasteiger partial charge in [0.15, 0.2) is 12.4 Å². The number of carbonyl (C=O) groups is 1. The number of nitrogens with one attached hydrogen (secondary N) is 2. The van der Waals surface area contributed by atoms with Gasteiger partial charge in [-0.25, -0.2) is 4.98 Å². The lowest BCUT2D eigenvalue weighted by molar-refractivity contribution is -0.885. The minimum atomic E-state index is -0.160. The van der Waals surface area contributed by atoms with E-state index in [4.69, 9.17) is 27.9 Å². The maximum absolute atomic E-state index is 12.1. The Balaban J connectivity index is 1.88. The highest BCUT2D eigenvalue weighted by molar-refractivity contribution is 6.36. The second-order valence-electron chi connectivity index (χ2n) is 5.19. The lowest BCUT2D eigenvalue weighted by Crippen LogP contribution is -3.08. The Morgan fingerprint density at radius 3 is 2.61 bits per heavy atom. The molecule has 0 saturated carbocycles. The highest BCUT2D eigenvalue weighted by Crippen LogP contribution is 2.22. The Morgan fingerprint density at radius 1 is 1.30 bits per heavy atom. The van der Waals surface area contributed by atoms with E-state index in [1.807, 2.05) is 31.3 Å². The first-order chi connectivity index (χ1) is 11.0. The summed E-state index contributed by atoms with van der Waals surface area (Å²) in [7, 11) is 3.58. The number of anilines is 1. The minimum Gasteiger partial charge on any atom is -0.497 e. The number of rotatable bonds is 6. The summed E-state index contributed by atoms with van der Waals surface area (Å²) in [6.07, 6.45) is 1.44. The molecule has 122 valence electrons. The molecule has 0 aliphatic heterocycles. The molecule has 0 bridgehead atoms. The molecule has 1 atom stereocenters. The normalized spacial score (nSPS) is 11.8. The average molecular weight is 355 g/mol. The molecule has 2 N–H and O–H groups in total. The number of methoxy groups -OCH3 is 1. The fourth-order valence-corrected chi connectivity index (χ4v) is 2.54. The molecule has 1 aromatic carbocycles. The molecule has 1 heterocycles. The number of halogens is 2. The van der Waals surface area contributed by atoms with Crippen molar-refractivity contribution in [1.29, 1.82) is 0 Å². The van der Waals surface area contributed by atoms with Gasteiger partial charge in [-0.15, -0.1) is 0 Å². The van der Waals surface area contributed by atoms with E-state index in [1.54, 1.807) is 13.2 Å². The summed E-state index contributed by atoms with van der Waals surface area (Å²) in [6, 6.07) is 9.32. The van der Waals surface area contributed by atoms with Crippen molar-refractivity contribution in [2.24, 2.45) is 0 Å². The summed E-state index contributed by atoms with van der Waals surface area (Å²) < 4.78 is 5.12. The van der Waals surface area contributed by atoms with Crippen molar-refractivity contribution in [3.05, 3.63) is 52.1 Å². The van der Waals surface area contributed by atoms with Gasteiger partial charge < -0.3 is 15.0 Å². The molecule has 0 fully saturated rings. The molecule has 0 saturated heterocycles. The molecule has 0 aliphatic rings. The molecule has 1 amide bonds. The molecule has 0 radical (unpaired) electrons. The van der Waals surface area contributed by atoms with Crippen molar-refractivity contribution in [2.75, 3.05) is 26.0 Å². The van der Waals surface area contributed by atoms with Gasteiger partial charge in [0.2, 0.25) is 0 Å². The Labute approximate surface area is 145 Å². The fourth-order valence-electron chi connectivity index (χ4n) is 2.11. The predicted molar refractivity (Wildman–Crippen MR) is 91.3 cm³/mol. The number of quaternary nitrogens is 1. The van der Waals surface area contributed by atoms with Gasteiger partial charge in [-0.05, 0) is 30.3 Å². The van der Waals surface area contributed by atoms with Gasteiger partial charge in [0.1, 0.15) is 12.3 Å². The minimum absolute atomic E-state index is 0.160. The molecule has 2 rings (SSSR count). The zero-order valence-electron chi connectivity index (χ0n) is 12.9. The Morgan fingerprint density at radius 2 is 2.00 bits per heavy atom. The van der Waals surface area contributed by atoms with Crippen molar-refractivity contribution in [3.63, 3.8) is 0 Å². The monoisotopic (exact) mass is 354 g/mol. The number of pyridine rings is 1.